The molecule has 3 N–H and O–H groups in total. The number of nitrogens with one attached hydrogen (secondary N) is 1. The minimum absolute atomic E-state index is 0.142. The summed E-state index contributed by atoms with van der Waals surface area (Å²) in [7, 11) is 0. The van der Waals surface area contributed by atoms with Crippen molar-refractivity contribution in [1.29, 1.82) is 0 Å². The summed E-state index contributed by atoms with van der Waals surface area (Å²) in [4.78, 5) is 12.2. The molecule has 0 radical (unpaired) electrons. The molecule has 1 amide bonds. The zero-order valence-electron chi connectivity index (χ0n) is 15.1. The van der Waals surface area contributed by atoms with Crippen LogP contribution in [0, 0.1) is 5.92 Å². The number of hydrogen-bond acceptors (Lipinski definition) is 3. The van der Waals surface area contributed by atoms with E-state index in [2.05, 4.69) is 17.4 Å². The lowest BCUT2D eigenvalue weighted by atomic mass is 9.99. The third-order valence-electron chi connectivity index (χ3n) is 4.40. The molecule has 2 aromatic carbocycles. The fourth-order valence-electron chi connectivity index (χ4n) is 2.50. The number of nitrogens with two attached hydrogens (primary N) is 1. The SMILES string of the molecule is CCC(C)C(N)C(=O)Nc1cccc(COCCc2ccccc2)c1. The number of carbonyl (C=O) groups is 1. The lowest BCUT2D eigenvalue weighted by Crippen LogP contribution is -2.40. The number of hydrogen-bond donors (Lipinski definition) is 2. The van der Waals surface area contributed by atoms with Gasteiger partial charge in [-0.1, -0.05) is 62.7 Å². The van der Waals surface area contributed by atoms with Crippen molar-refractivity contribution in [3.05, 3.63) is 65.7 Å². The topological polar surface area (TPSA) is 64.4 Å². The van der Waals surface area contributed by atoms with Crippen LogP contribution in [0.4, 0.5) is 5.69 Å². The van der Waals surface area contributed by atoms with Gasteiger partial charge < -0.3 is 15.8 Å². The van der Waals surface area contributed by atoms with E-state index < -0.39 is 6.04 Å². The van der Waals surface area contributed by atoms with E-state index in [-0.39, 0.29) is 11.8 Å². The molecule has 25 heavy (non-hydrogen) atoms. The maximum atomic E-state index is 12.2. The maximum Gasteiger partial charge on any atom is 0.241 e. The van der Waals surface area contributed by atoms with Crippen LogP contribution in [0.5, 0.6) is 0 Å². The van der Waals surface area contributed by atoms with Gasteiger partial charge in [-0.15, -0.1) is 0 Å². The van der Waals surface area contributed by atoms with E-state index in [1.807, 2.05) is 56.3 Å². The molecule has 4 heteroatoms. The van der Waals surface area contributed by atoms with Crippen LogP contribution < -0.4 is 11.1 Å². The Labute approximate surface area is 150 Å². The molecule has 0 heterocycles. The summed E-state index contributed by atoms with van der Waals surface area (Å²) in [6.07, 6.45) is 1.77. The van der Waals surface area contributed by atoms with Gasteiger partial charge in [0.05, 0.1) is 19.3 Å². The Morgan fingerprint density at radius 3 is 2.56 bits per heavy atom. The van der Waals surface area contributed by atoms with Gasteiger partial charge in [-0.3, -0.25) is 4.79 Å². The van der Waals surface area contributed by atoms with E-state index >= 15 is 0 Å². The molecule has 2 rings (SSSR count). The van der Waals surface area contributed by atoms with Crippen LogP contribution in [0.2, 0.25) is 0 Å². The van der Waals surface area contributed by atoms with E-state index in [9.17, 15) is 4.79 Å². The molecule has 2 aromatic rings. The molecule has 0 aliphatic rings. The number of amides is 1. The van der Waals surface area contributed by atoms with Crippen molar-refractivity contribution < 1.29 is 9.53 Å². The molecular formula is C21H28N2O2. The van der Waals surface area contributed by atoms with Gasteiger partial charge in [-0.2, -0.15) is 0 Å². The Balaban J connectivity index is 1.81. The molecule has 0 fully saturated rings. The maximum absolute atomic E-state index is 12.2. The summed E-state index contributed by atoms with van der Waals surface area (Å²) in [5.41, 5.74) is 9.03. The fourth-order valence-corrected chi connectivity index (χ4v) is 2.50. The highest BCUT2D eigenvalue weighted by molar-refractivity contribution is 5.94. The number of benzene rings is 2. The van der Waals surface area contributed by atoms with Crippen molar-refractivity contribution >= 4 is 11.6 Å². The van der Waals surface area contributed by atoms with Crippen LogP contribution in [0.15, 0.2) is 54.6 Å². The summed E-state index contributed by atoms with van der Waals surface area (Å²) in [6, 6.07) is 17.5. The van der Waals surface area contributed by atoms with E-state index in [0.29, 0.717) is 13.2 Å². The minimum atomic E-state index is -0.490. The molecule has 0 saturated carbocycles. The van der Waals surface area contributed by atoms with Crippen molar-refractivity contribution in [2.24, 2.45) is 11.7 Å². The van der Waals surface area contributed by atoms with Gasteiger partial charge in [0.2, 0.25) is 5.91 Å². The Morgan fingerprint density at radius 2 is 1.84 bits per heavy atom. The average Bonchev–Trinajstić information content (AvgIpc) is 2.65. The molecule has 0 aromatic heterocycles. The number of ether oxygens (including phenoxy) is 1. The number of rotatable bonds is 9. The summed E-state index contributed by atoms with van der Waals surface area (Å²) >= 11 is 0. The summed E-state index contributed by atoms with van der Waals surface area (Å²) in [5.74, 6) is 0.0148. The standard InChI is InChI=1S/C21H28N2O2/c1-3-16(2)20(22)21(24)23-19-11-7-10-18(14-19)15-25-13-12-17-8-5-4-6-9-17/h4-11,14,16,20H,3,12-13,15,22H2,1-2H3,(H,23,24). The monoisotopic (exact) mass is 340 g/mol. The smallest absolute Gasteiger partial charge is 0.241 e. The fraction of sp³-hybridized carbons (Fsp3) is 0.381. The molecule has 4 nitrogen and oxygen atoms in total. The third-order valence-corrected chi connectivity index (χ3v) is 4.40. The number of anilines is 1. The zero-order chi connectivity index (χ0) is 18.1. The summed E-state index contributed by atoms with van der Waals surface area (Å²) < 4.78 is 5.75. The highest BCUT2D eigenvalue weighted by atomic mass is 16.5. The van der Waals surface area contributed by atoms with Crippen LogP contribution in [-0.4, -0.2) is 18.6 Å². The molecule has 2 unspecified atom stereocenters. The molecule has 0 spiro atoms. The lowest BCUT2D eigenvalue weighted by Gasteiger charge is -2.18. The predicted octanol–water partition coefficient (Wildman–Crippen LogP) is 3.76. The highest BCUT2D eigenvalue weighted by Gasteiger charge is 2.19. The molecule has 0 saturated heterocycles. The predicted molar refractivity (Wildman–Crippen MR) is 102 cm³/mol. The Morgan fingerprint density at radius 1 is 1.12 bits per heavy atom. The first-order valence-corrected chi connectivity index (χ1v) is 8.87. The van der Waals surface area contributed by atoms with Crippen molar-refractivity contribution in [1.82, 2.24) is 0 Å². The Hall–Kier alpha value is -2.17. The first-order chi connectivity index (χ1) is 12.1. The second-order valence-electron chi connectivity index (χ2n) is 6.39. The van der Waals surface area contributed by atoms with E-state index in [0.717, 1.165) is 24.1 Å². The van der Waals surface area contributed by atoms with Crippen LogP contribution in [0.3, 0.4) is 0 Å². The minimum Gasteiger partial charge on any atom is -0.376 e. The van der Waals surface area contributed by atoms with E-state index in [4.69, 9.17) is 10.5 Å². The van der Waals surface area contributed by atoms with E-state index in [1.54, 1.807) is 0 Å². The van der Waals surface area contributed by atoms with Crippen molar-refractivity contribution in [3.63, 3.8) is 0 Å². The second-order valence-corrected chi connectivity index (χ2v) is 6.39. The van der Waals surface area contributed by atoms with Gasteiger partial charge in [0.15, 0.2) is 0 Å². The quantitative estimate of drug-likeness (QED) is 0.683. The Bertz CT molecular complexity index is 658. The molecular weight excluding hydrogens is 312 g/mol. The lowest BCUT2D eigenvalue weighted by molar-refractivity contribution is -0.118. The molecule has 0 bridgehead atoms. The summed E-state index contributed by atoms with van der Waals surface area (Å²) in [5, 5.41) is 2.89. The zero-order valence-corrected chi connectivity index (χ0v) is 15.1. The molecule has 0 aliphatic heterocycles. The van der Waals surface area contributed by atoms with Crippen LogP contribution in [-0.2, 0) is 22.6 Å². The van der Waals surface area contributed by atoms with Gasteiger partial charge in [-0.05, 0) is 35.6 Å². The normalized spacial score (nSPS) is 13.2. The van der Waals surface area contributed by atoms with Gasteiger partial charge in [-0.25, -0.2) is 0 Å². The first kappa shape index (κ1) is 19.2. The van der Waals surface area contributed by atoms with Crippen LogP contribution in [0.1, 0.15) is 31.4 Å². The summed E-state index contributed by atoms with van der Waals surface area (Å²) in [6.45, 7) is 5.21. The van der Waals surface area contributed by atoms with Crippen molar-refractivity contribution in [2.45, 2.75) is 39.3 Å². The molecule has 2 atom stereocenters. The number of carbonyl (C=O) groups excluding carboxylic acids is 1. The van der Waals surface area contributed by atoms with E-state index in [1.165, 1.54) is 5.56 Å². The van der Waals surface area contributed by atoms with Crippen LogP contribution in [0.25, 0.3) is 0 Å². The second kappa shape index (κ2) is 9.97. The van der Waals surface area contributed by atoms with Crippen molar-refractivity contribution in [3.8, 4) is 0 Å². The third kappa shape index (κ3) is 6.33. The highest BCUT2D eigenvalue weighted by Crippen LogP contribution is 2.14. The van der Waals surface area contributed by atoms with Crippen molar-refractivity contribution in [2.75, 3.05) is 11.9 Å². The molecule has 0 aliphatic carbocycles. The van der Waals surface area contributed by atoms with Gasteiger partial charge in [0.25, 0.3) is 0 Å². The van der Waals surface area contributed by atoms with Gasteiger partial charge >= 0.3 is 0 Å². The average molecular weight is 340 g/mol. The Kier molecular flexibility index (Phi) is 7.64. The van der Waals surface area contributed by atoms with Gasteiger partial charge in [0.1, 0.15) is 0 Å². The first-order valence-electron chi connectivity index (χ1n) is 8.87. The van der Waals surface area contributed by atoms with Crippen LogP contribution >= 0.6 is 0 Å². The largest absolute Gasteiger partial charge is 0.376 e. The van der Waals surface area contributed by atoms with Gasteiger partial charge in [0, 0.05) is 5.69 Å². The molecule has 134 valence electrons.